The van der Waals surface area contributed by atoms with Crippen LogP contribution in [-0.2, 0) is 0 Å². The third kappa shape index (κ3) is 4.83. The van der Waals surface area contributed by atoms with Gasteiger partial charge in [-0.2, -0.15) is 0 Å². The first-order valence-corrected chi connectivity index (χ1v) is 5.51. The molecule has 0 amide bonds. The summed E-state index contributed by atoms with van der Waals surface area (Å²) in [6, 6.07) is 0. The Labute approximate surface area is 95.1 Å². The maximum absolute atomic E-state index is 3.97. The SMILES string of the molecule is C=CC(C)=C(C)CCC(C)=C(C)C(=C)C. The van der Waals surface area contributed by atoms with Crippen LogP contribution in [0.5, 0.6) is 0 Å². The summed E-state index contributed by atoms with van der Waals surface area (Å²) in [5.74, 6) is 0. The van der Waals surface area contributed by atoms with E-state index in [1.807, 2.05) is 6.08 Å². The lowest BCUT2D eigenvalue weighted by molar-refractivity contribution is 0.900. The van der Waals surface area contributed by atoms with Gasteiger partial charge in [-0.3, -0.25) is 0 Å². The van der Waals surface area contributed by atoms with E-state index < -0.39 is 0 Å². The van der Waals surface area contributed by atoms with Crippen molar-refractivity contribution in [2.75, 3.05) is 0 Å². The van der Waals surface area contributed by atoms with Gasteiger partial charge in [-0.1, -0.05) is 41.5 Å². The summed E-state index contributed by atoms with van der Waals surface area (Å²) in [6.07, 6.45) is 4.17. The van der Waals surface area contributed by atoms with Gasteiger partial charge in [0, 0.05) is 0 Å². The summed E-state index contributed by atoms with van der Waals surface area (Å²) in [6.45, 7) is 18.5. The molecule has 0 aliphatic heterocycles. The lowest BCUT2D eigenvalue weighted by Crippen LogP contribution is -1.89. The lowest BCUT2D eigenvalue weighted by Gasteiger charge is -2.09. The van der Waals surface area contributed by atoms with Crippen molar-refractivity contribution in [3.05, 3.63) is 47.1 Å². The van der Waals surface area contributed by atoms with Gasteiger partial charge in [0.15, 0.2) is 0 Å². The van der Waals surface area contributed by atoms with E-state index in [1.54, 1.807) is 0 Å². The van der Waals surface area contributed by atoms with Gasteiger partial charge in [0.25, 0.3) is 0 Å². The Balaban J connectivity index is 4.48. The molecule has 84 valence electrons. The predicted octanol–water partition coefficient (Wildman–Crippen LogP) is 5.20. The molecule has 0 saturated heterocycles. The molecule has 15 heavy (non-hydrogen) atoms. The third-order valence-electron chi connectivity index (χ3n) is 3.13. The monoisotopic (exact) mass is 204 g/mol. The summed E-state index contributed by atoms with van der Waals surface area (Å²) in [5, 5.41) is 0. The average Bonchev–Trinajstić information content (AvgIpc) is 2.22. The van der Waals surface area contributed by atoms with E-state index in [4.69, 9.17) is 0 Å². The molecule has 0 radical (unpaired) electrons. The molecule has 0 rings (SSSR count). The molecular weight excluding hydrogens is 180 g/mol. The van der Waals surface area contributed by atoms with Crippen molar-refractivity contribution in [2.45, 2.75) is 47.5 Å². The van der Waals surface area contributed by atoms with E-state index in [0.29, 0.717) is 0 Å². The maximum atomic E-state index is 3.97. The fourth-order valence-electron chi connectivity index (χ4n) is 1.30. The van der Waals surface area contributed by atoms with E-state index in [2.05, 4.69) is 47.8 Å². The van der Waals surface area contributed by atoms with Gasteiger partial charge in [-0.05, 0) is 53.0 Å². The topological polar surface area (TPSA) is 0 Å². The zero-order chi connectivity index (χ0) is 12.0. The smallest absolute Gasteiger partial charge is 0.0280 e. The highest BCUT2D eigenvalue weighted by Gasteiger charge is 2.00. The van der Waals surface area contributed by atoms with Crippen molar-refractivity contribution in [3.63, 3.8) is 0 Å². The molecule has 0 spiro atoms. The minimum Gasteiger partial charge on any atom is -0.0988 e. The number of hydrogen-bond donors (Lipinski definition) is 0. The van der Waals surface area contributed by atoms with E-state index in [9.17, 15) is 0 Å². The molecular formula is C15H24. The van der Waals surface area contributed by atoms with Crippen molar-refractivity contribution in [2.24, 2.45) is 0 Å². The van der Waals surface area contributed by atoms with Crippen LogP contribution in [-0.4, -0.2) is 0 Å². The van der Waals surface area contributed by atoms with Gasteiger partial charge in [0.1, 0.15) is 0 Å². The predicted molar refractivity (Wildman–Crippen MR) is 71.0 cm³/mol. The molecule has 0 aliphatic rings. The molecule has 0 bridgehead atoms. The molecule has 0 aromatic carbocycles. The fraction of sp³-hybridized carbons (Fsp3) is 0.467. The van der Waals surface area contributed by atoms with Crippen molar-refractivity contribution in [1.82, 2.24) is 0 Å². The van der Waals surface area contributed by atoms with Gasteiger partial charge >= 0.3 is 0 Å². The minimum absolute atomic E-state index is 1.12. The molecule has 0 N–H and O–H groups in total. The minimum atomic E-state index is 1.12. The molecule has 0 aromatic heterocycles. The second-order valence-electron chi connectivity index (χ2n) is 4.35. The van der Waals surface area contributed by atoms with Crippen LogP contribution in [0.3, 0.4) is 0 Å². The van der Waals surface area contributed by atoms with E-state index in [0.717, 1.165) is 12.8 Å². The molecule has 0 atom stereocenters. The highest BCUT2D eigenvalue weighted by atomic mass is 14.1. The van der Waals surface area contributed by atoms with E-state index in [-0.39, 0.29) is 0 Å². The van der Waals surface area contributed by atoms with Crippen molar-refractivity contribution >= 4 is 0 Å². The van der Waals surface area contributed by atoms with Crippen LogP contribution < -0.4 is 0 Å². The van der Waals surface area contributed by atoms with Crippen LogP contribution in [0.15, 0.2) is 47.1 Å². The Morgan fingerprint density at radius 2 is 1.40 bits per heavy atom. The summed E-state index contributed by atoms with van der Waals surface area (Å²) in [7, 11) is 0. The Bertz CT molecular complexity index is 311. The van der Waals surface area contributed by atoms with Gasteiger partial charge in [0.2, 0.25) is 0 Å². The van der Waals surface area contributed by atoms with Crippen LogP contribution in [0.1, 0.15) is 47.5 Å². The molecule has 0 saturated carbocycles. The molecule has 0 fully saturated rings. The normalized spacial score (nSPS) is 14.2. The summed E-state index contributed by atoms with van der Waals surface area (Å²) >= 11 is 0. The van der Waals surface area contributed by atoms with Crippen LogP contribution in [0.25, 0.3) is 0 Å². The summed E-state index contributed by atoms with van der Waals surface area (Å²) in [5.41, 5.74) is 6.70. The standard InChI is InChI=1S/C15H24/c1-8-12(4)13(5)9-10-14(6)15(7)11(2)3/h8H,1-2,9-10H2,3-7H3. The quantitative estimate of drug-likeness (QED) is 0.540. The van der Waals surface area contributed by atoms with E-state index >= 15 is 0 Å². The Hall–Kier alpha value is -1.04. The van der Waals surface area contributed by atoms with Crippen molar-refractivity contribution in [3.8, 4) is 0 Å². The first kappa shape index (κ1) is 14.0. The largest absolute Gasteiger partial charge is 0.0988 e. The van der Waals surface area contributed by atoms with Crippen molar-refractivity contribution < 1.29 is 0 Å². The van der Waals surface area contributed by atoms with Crippen molar-refractivity contribution in [1.29, 1.82) is 0 Å². The van der Waals surface area contributed by atoms with Crippen LogP contribution in [0.2, 0.25) is 0 Å². The average molecular weight is 204 g/mol. The van der Waals surface area contributed by atoms with Gasteiger partial charge < -0.3 is 0 Å². The Morgan fingerprint density at radius 3 is 1.80 bits per heavy atom. The first-order chi connectivity index (χ1) is 6.90. The van der Waals surface area contributed by atoms with Gasteiger partial charge in [0.05, 0.1) is 0 Å². The molecule has 0 heterocycles. The second-order valence-corrected chi connectivity index (χ2v) is 4.35. The zero-order valence-corrected chi connectivity index (χ0v) is 10.9. The van der Waals surface area contributed by atoms with E-state index in [1.165, 1.54) is 27.9 Å². The van der Waals surface area contributed by atoms with Crippen LogP contribution in [0.4, 0.5) is 0 Å². The zero-order valence-electron chi connectivity index (χ0n) is 10.9. The Kier molecular flexibility index (Phi) is 6.00. The lowest BCUT2D eigenvalue weighted by atomic mass is 9.98. The fourth-order valence-corrected chi connectivity index (χ4v) is 1.30. The third-order valence-corrected chi connectivity index (χ3v) is 3.13. The van der Waals surface area contributed by atoms with Gasteiger partial charge in [-0.25, -0.2) is 0 Å². The molecule has 0 heteroatoms. The number of allylic oxidation sites excluding steroid dienone is 6. The van der Waals surface area contributed by atoms with Crippen LogP contribution in [0, 0.1) is 0 Å². The molecule has 0 aromatic rings. The summed E-state index contributed by atoms with van der Waals surface area (Å²) < 4.78 is 0. The van der Waals surface area contributed by atoms with Crippen LogP contribution >= 0.6 is 0 Å². The van der Waals surface area contributed by atoms with Gasteiger partial charge in [-0.15, -0.1) is 0 Å². The first-order valence-electron chi connectivity index (χ1n) is 5.51. The molecule has 0 nitrogen and oxygen atoms in total. The second kappa shape index (κ2) is 6.44. The Morgan fingerprint density at radius 1 is 0.933 bits per heavy atom. The maximum Gasteiger partial charge on any atom is -0.0280 e. The number of rotatable bonds is 5. The highest BCUT2D eigenvalue weighted by Crippen LogP contribution is 2.20. The number of hydrogen-bond acceptors (Lipinski definition) is 0. The summed E-state index contributed by atoms with van der Waals surface area (Å²) in [4.78, 5) is 0. The molecule has 0 aliphatic carbocycles. The highest BCUT2D eigenvalue weighted by molar-refractivity contribution is 5.29. The molecule has 0 unspecified atom stereocenters.